The molecule has 10 heteroatoms. The lowest BCUT2D eigenvalue weighted by Gasteiger charge is -2.12. The Labute approximate surface area is 173 Å². The molecule has 152 valence electrons. The Morgan fingerprint density at radius 2 is 1.93 bits per heavy atom. The van der Waals surface area contributed by atoms with Gasteiger partial charge in [0.05, 0.1) is 11.4 Å². The standard InChI is InChI=1S/C18H23N3O4S3/c1-21(2)28(24,25)16-7-3-5-14(11-16)18(23)20-12-17(22)19-8-10-26-13-15-6-4-9-27-15/h3-7,9,11H,8,10,12-13H2,1-2H3,(H,19,22)(H,20,23). The van der Waals surface area contributed by atoms with E-state index in [1.54, 1.807) is 23.1 Å². The zero-order chi connectivity index (χ0) is 20.6. The van der Waals surface area contributed by atoms with Crippen LogP contribution in [0.15, 0.2) is 46.7 Å². The molecule has 0 fully saturated rings. The highest BCUT2D eigenvalue weighted by molar-refractivity contribution is 7.98. The minimum Gasteiger partial charge on any atom is -0.354 e. The minimum atomic E-state index is -3.63. The van der Waals surface area contributed by atoms with Gasteiger partial charge in [-0.2, -0.15) is 11.8 Å². The number of carbonyl (C=O) groups is 2. The summed E-state index contributed by atoms with van der Waals surface area (Å²) in [7, 11) is -0.782. The van der Waals surface area contributed by atoms with Crippen LogP contribution >= 0.6 is 23.1 Å². The lowest BCUT2D eigenvalue weighted by atomic mass is 10.2. The average Bonchev–Trinajstić information content (AvgIpc) is 3.19. The fraction of sp³-hybridized carbons (Fsp3) is 0.333. The van der Waals surface area contributed by atoms with Crippen molar-refractivity contribution in [2.75, 3.05) is 32.9 Å². The molecule has 0 saturated heterocycles. The van der Waals surface area contributed by atoms with E-state index in [9.17, 15) is 18.0 Å². The van der Waals surface area contributed by atoms with Crippen LogP contribution in [0.1, 0.15) is 15.2 Å². The highest BCUT2D eigenvalue weighted by atomic mass is 32.2. The van der Waals surface area contributed by atoms with Gasteiger partial charge in [-0.1, -0.05) is 12.1 Å². The summed E-state index contributed by atoms with van der Waals surface area (Å²) in [4.78, 5) is 25.4. The molecule has 2 aromatic rings. The first-order chi connectivity index (χ1) is 13.3. The number of hydrogen-bond donors (Lipinski definition) is 2. The Morgan fingerprint density at radius 1 is 1.14 bits per heavy atom. The maximum Gasteiger partial charge on any atom is 0.251 e. The van der Waals surface area contributed by atoms with E-state index in [4.69, 9.17) is 0 Å². The predicted octanol–water partition coefficient (Wildman–Crippen LogP) is 1.78. The summed E-state index contributed by atoms with van der Waals surface area (Å²) < 4.78 is 25.4. The van der Waals surface area contributed by atoms with E-state index in [2.05, 4.69) is 16.7 Å². The van der Waals surface area contributed by atoms with Gasteiger partial charge in [0.1, 0.15) is 0 Å². The van der Waals surface area contributed by atoms with Crippen LogP contribution in [0.2, 0.25) is 0 Å². The summed E-state index contributed by atoms with van der Waals surface area (Å²) in [6, 6.07) is 9.80. The summed E-state index contributed by atoms with van der Waals surface area (Å²) in [6.45, 7) is 0.348. The molecule has 0 aliphatic carbocycles. The zero-order valence-electron chi connectivity index (χ0n) is 15.7. The van der Waals surface area contributed by atoms with Crippen LogP contribution < -0.4 is 10.6 Å². The number of thioether (sulfide) groups is 1. The molecule has 0 aliphatic heterocycles. The third-order valence-electron chi connectivity index (χ3n) is 3.68. The van der Waals surface area contributed by atoms with E-state index in [0.717, 1.165) is 15.8 Å². The van der Waals surface area contributed by atoms with Gasteiger partial charge in [-0.05, 0) is 29.6 Å². The van der Waals surface area contributed by atoms with Gasteiger partial charge in [0, 0.05) is 42.6 Å². The fourth-order valence-corrected chi connectivity index (χ4v) is 4.81. The lowest BCUT2D eigenvalue weighted by molar-refractivity contribution is -0.120. The average molecular weight is 442 g/mol. The van der Waals surface area contributed by atoms with Crippen LogP contribution in [0.25, 0.3) is 0 Å². The Morgan fingerprint density at radius 3 is 2.61 bits per heavy atom. The molecule has 0 unspecified atom stereocenters. The van der Waals surface area contributed by atoms with E-state index in [1.165, 1.54) is 43.2 Å². The topological polar surface area (TPSA) is 95.6 Å². The summed E-state index contributed by atoms with van der Waals surface area (Å²) in [6.07, 6.45) is 0. The van der Waals surface area contributed by atoms with Crippen molar-refractivity contribution in [3.05, 3.63) is 52.2 Å². The number of amides is 2. The summed E-state index contributed by atoms with van der Waals surface area (Å²) in [5.41, 5.74) is 0.183. The van der Waals surface area contributed by atoms with Gasteiger partial charge >= 0.3 is 0 Å². The molecule has 2 rings (SSSR count). The number of nitrogens with zero attached hydrogens (tertiary/aromatic N) is 1. The van der Waals surface area contributed by atoms with Crippen LogP contribution in [0.5, 0.6) is 0 Å². The first kappa shape index (κ1) is 22.4. The minimum absolute atomic E-state index is 0.0253. The second kappa shape index (κ2) is 10.6. The number of hydrogen-bond acceptors (Lipinski definition) is 6. The van der Waals surface area contributed by atoms with Gasteiger partial charge in [0.15, 0.2) is 0 Å². The quantitative estimate of drug-likeness (QED) is 0.548. The molecule has 0 radical (unpaired) electrons. The van der Waals surface area contributed by atoms with E-state index in [1.807, 2.05) is 11.4 Å². The molecule has 1 heterocycles. The largest absolute Gasteiger partial charge is 0.354 e. The number of carbonyl (C=O) groups excluding carboxylic acids is 2. The van der Waals surface area contributed by atoms with Gasteiger partial charge < -0.3 is 10.6 Å². The Kier molecular flexibility index (Phi) is 8.49. The Bertz CT molecular complexity index is 897. The second-order valence-electron chi connectivity index (χ2n) is 5.98. The third kappa shape index (κ3) is 6.62. The molecular formula is C18H23N3O4S3. The smallest absolute Gasteiger partial charge is 0.251 e. The summed E-state index contributed by atoms with van der Waals surface area (Å²) >= 11 is 3.43. The molecule has 0 spiro atoms. The van der Waals surface area contributed by atoms with Crippen LogP contribution in [0.3, 0.4) is 0 Å². The fourth-order valence-electron chi connectivity index (χ4n) is 2.16. The first-order valence-electron chi connectivity index (χ1n) is 8.48. The van der Waals surface area contributed by atoms with Crippen LogP contribution in [-0.2, 0) is 20.6 Å². The van der Waals surface area contributed by atoms with E-state index in [0.29, 0.717) is 6.54 Å². The van der Waals surface area contributed by atoms with Gasteiger partial charge in [0.25, 0.3) is 5.91 Å². The van der Waals surface area contributed by atoms with Crippen molar-refractivity contribution in [3.8, 4) is 0 Å². The van der Waals surface area contributed by atoms with E-state index >= 15 is 0 Å². The number of rotatable bonds is 10. The van der Waals surface area contributed by atoms with Crippen molar-refractivity contribution in [3.63, 3.8) is 0 Å². The van der Waals surface area contributed by atoms with Crippen molar-refractivity contribution >= 4 is 44.9 Å². The van der Waals surface area contributed by atoms with Crippen LogP contribution in [0, 0.1) is 0 Å². The Balaban J connectivity index is 1.75. The summed E-state index contributed by atoms with van der Waals surface area (Å²) in [5, 5.41) is 7.29. The van der Waals surface area contributed by atoms with Crippen molar-refractivity contribution in [2.45, 2.75) is 10.6 Å². The monoisotopic (exact) mass is 441 g/mol. The molecule has 7 nitrogen and oxygen atoms in total. The highest BCUT2D eigenvalue weighted by Crippen LogP contribution is 2.16. The van der Waals surface area contributed by atoms with Crippen molar-refractivity contribution in [2.24, 2.45) is 0 Å². The maximum atomic E-state index is 12.2. The maximum absolute atomic E-state index is 12.2. The molecule has 1 aromatic heterocycles. The van der Waals surface area contributed by atoms with Crippen molar-refractivity contribution < 1.29 is 18.0 Å². The third-order valence-corrected chi connectivity index (χ3v) is 7.56. The predicted molar refractivity (Wildman–Crippen MR) is 113 cm³/mol. The Hall–Kier alpha value is -1.88. The van der Waals surface area contributed by atoms with Crippen LogP contribution in [-0.4, -0.2) is 57.5 Å². The van der Waals surface area contributed by atoms with Crippen LogP contribution in [0.4, 0.5) is 0 Å². The number of benzene rings is 1. The molecule has 2 N–H and O–H groups in total. The molecule has 0 aliphatic rings. The number of nitrogens with one attached hydrogen (secondary N) is 2. The molecule has 0 bridgehead atoms. The van der Waals surface area contributed by atoms with E-state index in [-0.39, 0.29) is 22.9 Å². The molecule has 0 saturated carbocycles. The first-order valence-corrected chi connectivity index (χ1v) is 12.0. The number of sulfonamides is 1. The van der Waals surface area contributed by atoms with Gasteiger partial charge in [-0.25, -0.2) is 12.7 Å². The van der Waals surface area contributed by atoms with Crippen molar-refractivity contribution in [1.82, 2.24) is 14.9 Å². The van der Waals surface area contributed by atoms with Crippen molar-refractivity contribution in [1.29, 1.82) is 0 Å². The highest BCUT2D eigenvalue weighted by Gasteiger charge is 2.18. The van der Waals surface area contributed by atoms with E-state index < -0.39 is 15.9 Å². The molecule has 2 amide bonds. The lowest BCUT2D eigenvalue weighted by Crippen LogP contribution is -2.37. The van der Waals surface area contributed by atoms with Gasteiger partial charge in [-0.3, -0.25) is 9.59 Å². The molecule has 1 aromatic carbocycles. The molecule has 0 atom stereocenters. The molecular weight excluding hydrogens is 418 g/mol. The summed E-state index contributed by atoms with van der Waals surface area (Å²) in [5.74, 6) is 0.901. The van der Waals surface area contributed by atoms with Gasteiger partial charge in [-0.15, -0.1) is 11.3 Å². The second-order valence-corrected chi connectivity index (χ2v) is 10.3. The van der Waals surface area contributed by atoms with Gasteiger partial charge in [0.2, 0.25) is 15.9 Å². The molecule has 28 heavy (non-hydrogen) atoms. The zero-order valence-corrected chi connectivity index (χ0v) is 18.1. The SMILES string of the molecule is CN(C)S(=O)(=O)c1cccc(C(=O)NCC(=O)NCCSCc2cccs2)c1. The normalized spacial score (nSPS) is 11.4. The number of thiophene rings is 1.